The van der Waals surface area contributed by atoms with Crippen LogP contribution in [0.1, 0.15) is 44.1 Å². The van der Waals surface area contributed by atoms with Gasteiger partial charge in [0, 0.05) is 24.8 Å². The Hall–Kier alpha value is -3.51. The highest BCUT2D eigenvalue weighted by Gasteiger charge is 2.54. The molecule has 2 saturated heterocycles. The minimum absolute atomic E-state index is 0.112. The van der Waals surface area contributed by atoms with Crippen LogP contribution < -0.4 is 10.6 Å². The van der Waals surface area contributed by atoms with Crippen LogP contribution in [0, 0.1) is 23.0 Å². The fourth-order valence-corrected chi connectivity index (χ4v) is 6.48. The van der Waals surface area contributed by atoms with Crippen molar-refractivity contribution in [2.24, 2.45) is 5.73 Å². The Morgan fingerprint density at radius 3 is 2.08 bits per heavy atom. The van der Waals surface area contributed by atoms with Crippen molar-refractivity contribution in [1.29, 1.82) is 5.26 Å². The molecule has 2 aromatic carbocycles. The third-order valence-corrected chi connectivity index (χ3v) is 8.56. The molecule has 0 unspecified atom stereocenters. The molecule has 1 spiro atoms. The van der Waals surface area contributed by atoms with E-state index in [1.807, 2.05) is 4.90 Å². The average molecular weight is 508 g/mol. The number of likely N-dealkylation sites (tertiary alicyclic amines) is 1. The maximum Gasteiger partial charge on any atom is 0.250 e. The molecule has 0 atom stereocenters. The van der Waals surface area contributed by atoms with Crippen LogP contribution in [-0.2, 0) is 15.0 Å². The molecule has 7 nitrogen and oxygen atoms in total. The smallest absolute Gasteiger partial charge is 0.250 e. The van der Waals surface area contributed by atoms with Crippen molar-refractivity contribution >= 4 is 17.5 Å². The number of halogens is 2. The monoisotopic (exact) mass is 507 g/mol. The lowest BCUT2D eigenvalue weighted by Gasteiger charge is -2.47. The summed E-state index contributed by atoms with van der Waals surface area (Å²) < 4.78 is 27.0. The summed E-state index contributed by atoms with van der Waals surface area (Å²) in [6, 6.07) is 15.2. The van der Waals surface area contributed by atoms with E-state index in [4.69, 9.17) is 5.73 Å². The molecule has 9 heteroatoms. The number of nitriles is 1. The molecular weight excluding hydrogens is 476 g/mol. The van der Waals surface area contributed by atoms with Gasteiger partial charge in [0.05, 0.1) is 18.2 Å². The van der Waals surface area contributed by atoms with Gasteiger partial charge in [-0.05, 0) is 80.5 Å². The van der Waals surface area contributed by atoms with Gasteiger partial charge in [0.2, 0.25) is 11.8 Å². The first-order valence-electron chi connectivity index (χ1n) is 12.8. The van der Waals surface area contributed by atoms with Gasteiger partial charge in [-0.1, -0.05) is 12.1 Å². The quantitative estimate of drug-likeness (QED) is 0.670. The number of nitrogens with zero attached hydrogens (tertiary/aromatic N) is 4. The molecule has 0 radical (unpaired) electrons. The molecule has 3 aliphatic rings. The highest BCUT2D eigenvalue weighted by molar-refractivity contribution is 5.96. The molecule has 5 rings (SSSR count). The molecule has 2 aliphatic heterocycles. The van der Waals surface area contributed by atoms with Crippen LogP contribution in [0.25, 0.3) is 0 Å². The Kier molecular flexibility index (Phi) is 6.63. The first kappa shape index (κ1) is 25.2. The summed E-state index contributed by atoms with van der Waals surface area (Å²) in [6.45, 7) is 1.49. The molecule has 3 fully saturated rings. The van der Waals surface area contributed by atoms with E-state index in [1.165, 1.54) is 29.2 Å². The average Bonchev–Trinajstić information content (AvgIpc) is 3.16. The predicted molar refractivity (Wildman–Crippen MR) is 134 cm³/mol. The molecule has 2 heterocycles. The minimum atomic E-state index is -0.803. The number of nitrogens with two attached hydrogens (primary N) is 1. The molecule has 0 bridgehead atoms. The number of benzene rings is 2. The molecular formula is C28H31F2N5O2. The van der Waals surface area contributed by atoms with Crippen molar-refractivity contribution in [1.82, 2.24) is 9.80 Å². The summed E-state index contributed by atoms with van der Waals surface area (Å²) in [5.41, 5.74) is 5.62. The largest absolute Gasteiger partial charge is 0.368 e. The highest BCUT2D eigenvalue weighted by atomic mass is 19.1. The first-order valence-corrected chi connectivity index (χ1v) is 12.8. The van der Waals surface area contributed by atoms with Crippen LogP contribution in [0.2, 0.25) is 0 Å². The van der Waals surface area contributed by atoms with Gasteiger partial charge in [-0.25, -0.2) is 8.78 Å². The van der Waals surface area contributed by atoms with Crippen LogP contribution in [0.3, 0.4) is 0 Å². The Morgan fingerprint density at radius 2 is 1.54 bits per heavy atom. The summed E-state index contributed by atoms with van der Waals surface area (Å²) >= 11 is 0. The van der Waals surface area contributed by atoms with E-state index in [0.717, 1.165) is 24.1 Å². The maximum atomic E-state index is 13.6. The SMILES string of the molecule is N#C[C@]1(c2ccc(F)cc2)CC[C@H](N2CCC3(CC2)C(=O)N(CC(N)=O)CN3c2ccc(F)cc2)CC1. The van der Waals surface area contributed by atoms with E-state index in [1.54, 1.807) is 24.3 Å². The standard InChI is InChI=1S/C28H31F2N5O2/c29-21-3-1-20(2-4-21)27(18-31)11-9-23(10-12-27)33-15-13-28(14-16-33)26(37)34(17-25(32)36)19-35(28)24-7-5-22(30)6-8-24/h1-8,23H,9-17,19H2,(H2,32,36)/t23-,27-. The molecule has 2 amide bonds. The third kappa shape index (κ3) is 4.55. The van der Waals surface area contributed by atoms with Gasteiger partial charge in [-0.2, -0.15) is 5.26 Å². The lowest BCUT2D eigenvalue weighted by molar-refractivity contribution is -0.136. The molecule has 2 N–H and O–H groups in total. The number of rotatable bonds is 5. The minimum Gasteiger partial charge on any atom is -0.368 e. The Balaban J connectivity index is 1.29. The van der Waals surface area contributed by atoms with Gasteiger partial charge in [0.1, 0.15) is 23.7 Å². The molecule has 1 aliphatic carbocycles. The number of carbonyl (C=O) groups is 2. The summed E-state index contributed by atoms with van der Waals surface area (Å²) in [7, 11) is 0. The Bertz CT molecular complexity index is 1190. The zero-order valence-corrected chi connectivity index (χ0v) is 20.7. The first-order chi connectivity index (χ1) is 17.8. The lowest BCUT2D eigenvalue weighted by Crippen LogP contribution is -2.58. The lowest BCUT2D eigenvalue weighted by atomic mass is 9.68. The number of hydrogen-bond acceptors (Lipinski definition) is 5. The van der Waals surface area contributed by atoms with Crippen molar-refractivity contribution in [3.63, 3.8) is 0 Å². The number of primary amides is 1. The maximum absolute atomic E-state index is 13.6. The summed E-state index contributed by atoms with van der Waals surface area (Å²) in [6.07, 6.45) is 4.26. The van der Waals surface area contributed by atoms with E-state index in [2.05, 4.69) is 11.0 Å². The van der Waals surface area contributed by atoms with E-state index in [-0.39, 0.29) is 30.8 Å². The number of anilines is 1. The van der Waals surface area contributed by atoms with Crippen LogP contribution >= 0.6 is 0 Å². The van der Waals surface area contributed by atoms with Gasteiger partial charge in [-0.3, -0.25) is 9.59 Å². The zero-order valence-electron chi connectivity index (χ0n) is 20.7. The van der Waals surface area contributed by atoms with E-state index >= 15 is 0 Å². The van der Waals surface area contributed by atoms with Gasteiger partial charge >= 0.3 is 0 Å². The Labute approximate surface area is 215 Å². The van der Waals surface area contributed by atoms with Crippen LogP contribution in [0.5, 0.6) is 0 Å². The number of hydrogen-bond donors (Lipinski definition) is 1. The molecule has 37 heavy (non-hydrogen) atoms. The number of carbonyl (C=O) groups excluding carboxylic acids is 2. The van der Waals surface area contributed by atoms with Crippen LogP contribution in [-0.4, -0.2) is 59.5 Å². The van der Waals surface area contributed by atoms with Crippen LogP contribution in [0.4, 0.5) is 14.5 Å². The van der Waals surface area contributed by atoms with E-state index < -0.39 is 16.9 Å². The topological polar surface area (TPSA) is 93.7 Å². The molecule has 1 saturated carbocycles. The second-order valence-corrected chi connectivity index (χ2v) is 10.5. The third-order valence-electron chi connectivity index (χ3n) is 8.56. The highest BCUT2D eigenvalue weighted by Crippen LogP contribution is 2.44. The fraction of sp³-hybridized carbons (Fsp3) is 0.464. The van der Waals surface area contributed by atoms with Gasteiger partial charge < -0.3 is 20.4 Å². The normalized spacial score (nSPS) is 25.9. The summed E-state index contributed by atoms with van der Waals surface area (Å²) in [5.74, 6) is -1.33. The molecule has 0 aromatic heterocycles. The zero-order chi connectivity index (χ0) is 26.2. The Morgan fingerprint density at radius 1 is 0.973 bits per heavy atom. The fourth-order valence-electron chi connectivity index (χ4n) is 6.48. The van der Waals surface area contributed by atoms with E-state index in [9.17, 15) is 23.6 Å². The summed E-state index contributed by atoms with van der Waals surface area (Å²) in [5, 5.41) is 10.0. The van der Waals surface area contributed by atoms with Crippen molar-refractivity contribution < 1.29 is 18.4 Å². The van der Waals surface area contributed by atoms with Crippen molar-refractivity contribution in [3.05, 3.63) is 65.7 Å². The van der Waals surface area contributed by atoms with Crippen molar-refractivity contribution in [3.8, 4) is 6.07 Å². The summed E-state index contributed by atoms with van der Waals surface area (Å²) in [4.78, 5) is 31.1. The number of amides is 2. The van der Waals surface area contributed by atoms with Crippen molar-refractivity contribution in [2.75, 3.05) is 31.2 Å². The van der Waals surface area contributed by atoms with Gasteiger partial charge in [0.25, 0.3) is 0 Å². The second kappa shape index (κ2) is 9.75. The molecule has 194 valence electrons. The van der Waals surface area contributed by atoms with Gasteiger partial charge in [-0.15, -0.1) is 0 Å². The second-order valence-electron chi connectivity index (χ2n) is 10.5. The molecule has 2 aromatic rings. The van der Waals surface area contributed by atoms with Crippen LogP contribution in [0.15, 0.2) is 48.5 Å². The van der Waals surface area contributed by atoms with Gasteiger partial charge in [0.15, 0.2) is 0 Å². The predicted octanol–water partition coefficient (Wildman–Crippen LogP) is 3.29. The van der Waals surface area contributed by atoms with E-state index in [0.29, 0.717) is 44.8 Å². The number of piperidine rings is 1. The van der Waals surface area contributed by atoms with Crippen molar-refractivity contribution in [2.45, 2.75) is 55.5 Å².